The molecule has 0 aromatic carbocycles. The molecular weight excluding hydrogens is 404 g/mol. The molecule has 8 heteroatoms. The summed E-state index contributed by atoms with van der Waals surface area (Å²) in [7, 11) is 0. The van der Waals surface area contributed by atoms with Gasteiger partial charge in [0.15, 0.2) is 16.7 Å². The molecule has 1 saturated carbocycles. The highest BCUT2D eigenvalue weighted by Crippen LogP contribution is 2.40. The molecule has 152 valence electrons. The van der Waals surface area contributed by atoms with Crippen LogP contribution >= 0.6 is 23.1 Å². The van der Waals surface area contributed by atoms with Gasteiger partial charge in [-0.15, -0.1) is 21.5 Å². The van der Waals surface area contributed by atoms with Crippen molar-refractivity contribution < 1.29 is 9.59 Å². The van der Waals surface area contributed by atoms with Crippen molar-refractivity contribution in [1.82, 2.24) is 19.7 Å². The Morgan fingerprint density at radius 3 is 2.69 bits per heavy atom. The minimum absolute atomic E-state index is 0.0201. The number of thioether (sulfide) groups is 1. The Morgan fingerprint density at radius 2 is 2.10 bits per heavy atom. The third kappa shape index (κ3) is 3.96. The normalized spacial score (nSPS) is 14.9. The largest absolute Gasteiger partial charge is 0.355 e. The van der Waals surface area contributed by atoms with E-state index >= 15 is 0 Å². The second-order valence-corrected chi connectivity index (χ2v) is 9.90. The summed E-state index contributed by atoms with van der Waals surface area (Å²) in [6, 6.07) is 4.59. The molecule has 1 aliphatic rings. The van der Waals surface area contributed by atoms with Crippen LogP contribution in [0.3, 0.4) is 0 Å². The van der Waals surface area contributed by atoms with E-state index in [9.17, 15) is 9.59 Å². The van der Waals surface area contributed by atoms with E-state index in [-0.39, 0.29) is 16.8 Å². The van der Waals surface area contributed by atoms with E-state index in [1.165, 1.54) is 23.6 Å². The SMILES string of the molecule is CC(=O)c1c(C)[nH]c(C(=O)[C@@H](C)Sc2nnc(Cc3cccs3)n2C2CC2)c1C. The Balaban J connectivity index is 1.56. The van der Waals surface area contributed by atoms with Crippen LogP contribution in [0.5, 0.6) is 0 Å². The minimum atomic E-state index is -0.331. The maximum absolute atomic E-state index is 13.1. The number of thiophene rings is 1. The first-order chi connectivity index (χ1) is 13.9. The Hall–Kier alpha value is -2.19. The molecule has 1 atom stereocenters. The lowest BCUT2D eigenvalue weighted by Crippen LogP contribution is -2.16. The van der Waals surface area contributed by atoms with Gasteiger partial charge in [0.25, 0.3) is 0 Å². The number of hydrogen-bond donors (Lipinski definition) is 1. The summed E-state index contributed by atoms with van der Waals surface area (Å²) in [6.07, 6.45) is 3.02. The monoisotopic (exact) mass is 428 g/mol. The van der Waals surface area contributed by atoms with Crippen molar-refractivity contribution in [1.29, 1.82) is 0 Å². The average molecular weight is 429 g/mol. The Kier molecular flexibility index (Phi) is 5.48. The van der Waals surface area contributed by atoms with Gasteiger partial charge in [-0.25, -0.2) is 0 Å². The molecule has 29 heavy (non-hydrogen) atoms. The predicted octanol–water partition coefficient (Wildman–Crippen LogP) is 4.78. The van der Waals surface area contributed by atoms with Gasteiger partial charge >= 0.3 is 0 Å². The van der Waals surface area contributed by atoms with E-state index in [2.05, 4.69) is 31.2 Å². The number of rotatable bonds is 8. The topological polar surface area (TPSA) is 80.6 Å². The van der Waals surface area contributed by atoms with Crippen molar-refractivity contribution in [2.75, 3.05) is 0 Å². The zero-order chi connectivity index (χ0) is 20.7. The van der Waals surface area contributed by atoms with Crippen molar-refractivity contribution in [3.8, 4) is 0 Å². The first-order valence-electron chi connectivity index (χ1n) is 9.74. The van der Waals surface area contributed by atoms with Crippen molar-refractivity contribution in [3.63, 3.8) is 0 Å². The molecule has 4 rings (SSSR count). The zero-order valence-corrected chi connectivity index (χ0v) is 18.6. The molecule has 0 aliphatic heterocycles. The van der Waals surface area contributed by atoms with Crippen LogP contribution in [-0.4, -0.2) is 36.6 Å². The van der Waals surface area contributed by atoms with Crippen LogP contribution in [0.2, 0.25) is 0 Å². The third-order valence-corrected chi connectivity index (χ3v) is 7.18. The van der Waals surface area contributed by atoms with Gasteiger partial charge in [-0.3, -0.25) is 9.59 Å². The van der Waals surface area contributed by atoms with Gasteiger partial charge in [0.1, 0.15) is 5.82 Å². The number of nitrogens with one attached hydrogen (secondary N) is 1. The van der Waals surface area contributed by atoms with Crippen LogP contribution in [0.15, 0.2) is 22.7 Å². The van der Waals surface area contributed by atoms with E-state index in [1.807, 2.05) is 26.8 Å². The molecule has 0 spiro atoms. The van der Waals surface area contributed by atoms with E-state index in [4.69, 9.17) is 0 Å². The fourth-order valence-electron chi connectivity index (χ4n) is 3.72. The van der Waals surface area contributed by atoms with Crippen LogP contribution in [0.25, 0.3) is 0 Å². The number of nitrogens with zero attached hydrogens (tertiary/aromatic N) is 3. The number of carbonyl (C=O) groups is 2. The number of carbonyl (C=O) groups excluding carboxylic acids is 2. The molecular formula is C21H24N4O2S2. The highest BCUT2D eigenvalue weighted by Gasteiger charge is 2.32. The van der Waals surface area contributed by atoms with Crippen molar-refractivity contribution in [2.24, 2.45) is 0 Å². The summed E-state index contributed by atoms with van der Waals surface area (Å²) in [5.74, 6) is 0.915. The molecule has 6 nitrogen and oxygen atoms in total. The molecule has 1 aliphatic carbocycles. The minimum Gasteiger partial charge on any atom is -0.355 e. The van der Waals surface area contributed by atoms with E-state index in [0.717, 1.165) is 41.5 Å². The van der Waals surface area contributed by atoms with Gasteiger partial charge < -0.3 is 9.55 Å². The lowest BCUT2D eigenvalue weighted by atomic mass is 10.0. The standard InChI is InChI=1S/C21H24N4O2S2/c1-11-18(13(3)26)12(2)22-19(11)20(27)14(4)29-21-24-23-17(25(21)15-7-8-15)10-16-6-5-9-28-16/h5-6,9,14-15,22H,7-8,10H2,1-4H3/t14-/m1/s1. The molecule has 3 aromatic heterocycles. The lowest BCUT2D eigenvalue weighted by molar-refractivity contribution is 0.0988. The number of aryl methyl sites for hydroxylation is 1. The van der Waals surface area contributed by atoms with Gasteiger partial charge in [-0.2, -0.15) is 0 Å². The first kappa shape index (κ1) is 20.1. The number of aromatic amines is 1. The maximum Gasteiger partial charge on any atom is 0.192 e. The molecule has 1 N–H and O–H groups in total. The summed E-state index contributed by atoms with van der Waals surface area (Å²) < 4.78 is 2.21. The van der Waals surface area contributed by atoms with Crippen molar-refractivity contribution in [2.45, 2.75) is 63.4 Å². The molecule has 0 bridgehead atoms. The van der Waals surface area contributed by atoms with Crippen LogP contribution < -0.4 is 0 Å². The van der Waals surface area contributed by atoms with Gasteiger partial charge in [-0.05, 0) is 57.5 Å². The molecule has 3 aromatic rings. The average Bonchev–Trinajstić information content (AvgIpc) is 3.08. The zero-order valence-electron chi connectivity index (χ0n) is 17.0. The van der Waals surface area contributed by atoms with Gasteiger partial charge in [-0.1, -0.05) is 17.8 Å². The van der Waals surface area contributed by atoms with E-state index in [0.29, 0.717) is 17.3 Å². The second-order valence-electron chi connectivity index (χ2n) is 7.56. The number of ketones is 2. The number of aromatic nitrogens is 4. The molecule has 0 unspecified atom stereocenters. The highest BCUT2D eigenvalue weighted by atomic mass is 32.2. The predicted molar refractivity (Wildman–Crippen MR) is 115 cm³/mol. The fourth-order valence-corrected chi connectivity index (χ4v) is 5.41. The second kappa shape index (κ2) is 7.91. The van der Waals surface area contributed by atoms with Crippen LogP contribution in [0.1, 0.15) is 75.5 Å². The summed E-state index contributed by atoms with van der Waals surface area (Å²) in [5, 5.41) is 11.4. The van der Waals surface area contributed by atoms with Crippen LogP contribution in [0, 0.1) is 13.8 Å². The van der Waals surface area contributed by atoms with Gasteiger partial charge in [0, 0.05) is 28.6 Å². The summed E-state index contributed by atoms with van der Waals surface area (Å²) >= 11 is 3.16. The van der Waals surface area contributed by atoms with E-state index in [1.54, 1.807) is 11.3 Å². The number of hydrogen-bond acceptors (Lipinski definition) is 6. The Morgan fingerprint density at radius 1 is 1.34 bits per heavy atom. The van der Waals surface area contributed by atoms with Crippen LogP contribution in [-0.2, 0) is 6.42 Å². The van der Waals surface area contributed by atoms with Gasteiger partial charge in [0.2, 0.25) is 0 Å². The van der Waals surface area contributed by atoms with E-state index < -0.39 is 0 Å². The molecule has 3 heterocycles. The number of H-pyrrole nitrogens is 1. The number of Topliss-reactive ketones (excluding diaryl/α,β-unsaturated/α-hetero) is 2. The third-order valence-electron chi connectivity index (χ3n) is 5.25. The summed E-state index contributed by atoms with van der Waals surface area (Å²) in [5.41, 5.74) is 2.61. The van der Waals surface area contributed by atoms with Crippen LogP contribution in [0.4, 0.5) is 0 Å². The maximum atomic E-state index is 13.1. The molecule has 0 amide bonds. The molecule has 0 saturated heterocycles. The fraction of sp³-hybridized carbons (Fsp3) is 0.429. The molecule has 1 fully saturated rings. The molecule has 0 radical (unpaired) electrons. The van der Waals surface area contributed by atoms with Crippen molar-refractivity contribution >= 4 is 34.7 Å². The Bertz CT molecular complexity index is 1060. The highest BCUT2D eigenvalue weighted by molar-refractivity contribution is 8.00. The lowest BCUT2D eigenvalue weighted by Gasteiger charge is -2.12. The summed E-state index contributed by atoms with van der Waals surface area (Å²) in [6.45, 7) is 7.08. The summed E-state index contributed by atoms with van der Waals surface area (Å²) in [4.78, 5) is 29.4. The quantitative estimate of drug-likeness (QED) is 0.413. The van der Waals surface area contributed by atoms with Gasteiger partial charge in [0.05, 0.1) is 10.9 Å². The smallest absolute Gasteiger partial charge is 0.192 e. The Labute approximate surface area is 178 Å². The van der Waals surface area contributed by atoms with Crippen molar-refractivity contribution in [3.05, 3.63) is 50.7 Å². The first-order valence-corrected chi connectivity index (χ1v) is 11.5.